The average molecular weight is 262 g/mol. The highest BCUT2D eigenvalue weighted by Crippen LogP contribution is 2.20. The van der Waals surface area contributed by atoms with E-state index in [4.69, 9.17) is 28.3 Å². The number of hydrogen-bond donors (Lipinski definition) is 2. The molecule has 1 unspecified atom stereocenters. The molecule has 0 fully saturated rings. The zero-order chi connectivity index (χ0) is 12.0. The fraction of sp³-hybridized carbons (Fsp3) is 0.500. The molecule has 0 aliphatic rings. The van der Waals surface area contributed by atoms with Crippen molar-refractivity contribution in [1.82, 2.24) is 5.32 Å². The Kier molecular flexibility index (Phi) is 6.14. The van der Waals surface area contributed by atoms with Gasteiger partial charge in [0.05, 0.1) is 0 Å². The normalized spacial score (nSPS) is 12.8. The molecule has 0 radical (unpaired) electrons. The van der Waals surface area contributed by atoms with Gasteiger partial charge >= 0.3 is 0 Å². The maximum absolute atomic E-state index is 8.71. The molecule has 1 atom stereocenters. The van der Waals surface area contributed by atoms with Crippen LogP contribution in [0.1, 0.15) is 25.3 Å². The third-order valence-corrected chi connectivity index (χ3v) is 3.04. The van der Waals surface area contributed by atoms with Crippen LogP contribution in [0, 0.1) is 0 Å². The summed E-state index contributed by atoms with van der Waals surface area (Å²) in [4.78, 5) is 0. The van der Waals surface area contributed by atoms with Crippen molar-refractivity contribution in [2.75, 3.05) is 6.61 Å². The van der Waals surface area contributed by atoms with Gasteiger partial charge in [-0.1, -0.05) is 29.3 Å². The van der Waals surface area contributed by atoms with Gasteiger partial charge in [-0.3, -0.25) is 0 Å². The molecule has 1 aromatic carbocycles. The van der Waals surface area contributed by atoms with Crippen molar-refractivity contribution in [3.05, 3.63) is 33.8 Å². The van der Waals surface area contributed by atoms with Crippen LogP contribution < -0.4 is 5.32 Å². The number of aliphatic hydroxyl groups excluding tert-OH is 1. The molecule has 2 N–H and O–H groups in total. The zero-order valence-electron chi connectivity index (χ0n) is 9.34. The maximum atomic E-state index is 8.71. The molecule has 0 heterocycles. The van der Waals surface area contributed by atoms with Gasteiger partial charge in [-0.15, -0.1) is 0 Å². The number of rotatable bonds is 6. The lowest BCUT2D eigenvalue weighted by Crippen LogP contribution is -2.25. The molecule has 0 bridgehead atoms. The summed E-state index contributed by atoms with van der Waals surface area (Å²) in [6.07, 6.45) is 1.78. The van der Waals surface area contributed by atoms with E-state index in [1.54, 1.807) is 6.07 Å². The summed E-state index contributed by atoms with van der Waals surface area (Å²) in [5.74, 6) is 0. The van der Waals surface area contributed by atoms with Gasteiger partial charge in [0.2, 0.25) is 0 Å². The zero-order valence-corrected chi connectivity index (χ0v) is 10.9. The van der Waals surface area contributed by atoms with Gasteiger partial charge in [0.25, 0.3) is 0 Å². The summed E-state index contributed by atoms with van der Waals surface area (Å²) < 4.78 is 0. The Hall–Kier alpha value is -0.280. The van der Waals surface area contributed by atoms with Crippen LogP contribution in [0.4, 0.5) is 0 Å². The Balaban J connectivity index is 2.42. The first-order valence-electron chi connectivity index (χ1n) is 5.41. The van der Waals surface area contributed by atoms with Crippen LogP contribution in [0.2, 0.25) is 10.0 Å². The quantitative estimate of drug-likeness (QED) is 0.824. The number of hydrogen-bond acceptors (Lipinski definition) is 2. The third kappa shape index (κ3) is 4.71. The molecule has 16 heavy (non-hydrogen) atoms. The molecule has 0 aromatic heterocycles. The minimum atomic E-state index is 0.244. The van der Waals surface area contributed by atoms with E-state index in [-0.39, 0.29) is 6.61 Å². The second-order valence-electron chi connectivity index (χ2n) is 3.88. The smallest absolute Gasteiger partial charge is 0.0465 e. The average Bonchev–Trinajstić information content (AvgIpc) is 2.25. The molecule has 0 saturated carbocycles. The van der Waals surface area contributed by atoms with Crippen molar-refractivity contribution in [2.45, 2.75) is 32.4 Å². The highest BCUT2D eigenvalue weighted by atomic mass is 35.5. The molecule has 1 aromatic rings. The first-order valence-corrected chi connectivity index (χ1v) is 6.17. The fourth-order valence-electron chi connectivity index (χ4n) is 1.45. The molecule has 0 aliphatic heterocycles. The maximum Gasteiger partial charge on any atom is 0.0465 e. The fourth-order valence-corrected chi connectivity index (χ4v) is 1.92. The van der Waals surface area contributed by atoms with Crippen molar-refractivity contribution in [1.29, 1.82) is 0 Å². The molecule has 90 valence electrons. The van der Waals surface area contributed by atoms with Crippen molar-refractivity contribution < 1.29 is 5.11 Å². The van der Waals surface area contributed by atoms with Crippen LogP contribution in [0.5, 0.6) is 0 Å². The first-order chi connectivity index (χ1) is 7.63. The highest BCUT2D eigenvalue weighted by molar-refractivity contribution is 6.35. The van der Waals surface area contributed by atoms with E-state index < -0.39 is 0 Å². The largest absolute Gasteiger partial charge is 0.396 e. The predicted octanol–water partition coefficient (Wildman–Crippen LogP) is 3.24. The van der Waals surface area contributed by atoms with Crippen molar-refractivity contribution in [2.24, 2.45) is 0 Å². The van der Waals surface area contributed by atoms with Crippen LogP contribution in [0.15, 0.2) is 18.2 Å². The highest BCUT2D eigenvalue weighted by Gasteiger charge is 2.04. The second kappa shape index (κ2) is 7.13. The van der Waals surface area contributed by atoms with E-state index in [9.17, 15) is 0 Å². The van der Waals surface area contributed by atoms with Gasteiger partial charge in [-0.05, 0) is 37.5 Å². The van der Waals surface area contributed by atoms with Gasteiger partial charge in [0, 0.05) is 29.2 Å². The van der Waals surface area contributed by atoms with Crippen LogP contribution in [-0.4, -0.2) is 17.8 Å². The molecular weight excluding hydrogens is 245 g/mol. The van der Waals surface area contributed by atoms with E-state index in [0.717, 1.165) is 24.9 Å². The first kappa shape index (κ1) is 13.8. The summed E-state index contributed by atoms with van der Waals surface area (Å²) in [7, 11) is 0. The van der Waals surface area contributed by atoms with Gasteiger partial charge < -0.3 is 10.4 Å². The summed E-state index contributed by atoms with van der Waals surface area (Å²) >= 11 is 11.9. The number of benzene rings is 1. The number of aliphatic hydroxyl groups is 1. The third-order valence-electron chi connectivity index (χ3n) is 2.45. The van der Waals surface area contributed by atoms with E-state index in [1.165, 1.54) is 0 Å². The van der Waals surface area contributed by atoms with Crippen LogP contribution in [0.3, 0.4) is 0 Å². The Morgan fingerprint density at radius 1 is 1.38 bits per heavy atom. The molecule has 1 rings (SSSR count). The molecule has 0 spiro atoms. The van der Waals surface area contributed by atoms with Gasteiger partial charge in [0.1, 0.15) is 0 Å². The predicted molar refractivity (Wildman–Crippen MR) is 69.1 cm³/mol. The summed E-state index contributed by atoms with van der Waals surface area (Å²) in [6, 6.07) is 5.89. The number of halogens is 2. The SMILES string of the molecule is CC(CCCO)NCc1ccc(Cl)cc1Cl. The topological polar surface area (TPSA) is 32.3 Å². The van der Waals surface area contributed by atoms with Gasteiger partial charge in [-0.2, -0.15) is 0 Å². The summed E-state index contributed by atoms with van der Waals surface area (Å²) in [5.41, 5.74) is 1.04. The van der Waals surface area contributed by atoms with Crippen molar-refractivity contribution in [3.63, 3.8) is 0 Å². The van der Waals surface area contributed by atoms with Gasteiger partial charge in [-0.25, -0.2) is 0 Å². The Morgan fingerprint density at radius 2 is 2.12 bits per heavy atom. The Labute approximate surface area is 107 Å². The molecule has 0 aliphatic carbocycles. The van der Waals surface area contributed by atoms with E-state index >= 15 is 0 Å². The van der Waals surface area contributed by atoms with Crippen molar-refractivity contribution in [3.8, 4) is 0 Å². The van der Waals surface area contributed by atoms with E-state index in [1.807, 2.05) is 12.1 Å². The second-order valence-corrected chi connectivity index (χ2v) is 4.73. The molecule has 2 nitrogen and oxygen atoms in total. The van der Waals surface area contributed by atoms with Crippen molar-refractivity contribution >= 4 is 23.2 Å². The van der Waals surface area contributed by atoms with E-state index in [0.29, 0.717) is 16.1 Å². The standard InChI is InChI=1S/C12H17Cl2NO/c1-9(3-2-6-16)15-8-10-4-5-11(13)7-12(10)14/h4-5,7,9,15-16H,2-3,6,8H2,1H3. The summed E-state index contributed by atoms with van der Waals surface area (Å²) in [5, 5.41) is 13.4. The van der Waals surface area contributed by atoms with Gasteiger partial charge in [0.15, 0.2) is 0 Å². The van der Waals surface area contributed by atoms with E-state index in [2.05, 4.69) is 12.2 Å². The summed E-state index contributed by atoms with van der Waals surface area (Å²) in [6.45, 7) is 3.07. The van der Waals surface area contributed by atoms with Crippen LogP contribution in [-0.2, 0) is 6.54 Å². The minimum absolute atomic E-state index is 0.244. The number of nitrogens with one attached hydrogen (secondary N) is 1. The lowest BCUT2D eigenvalue weighted by atomic mass is 10.1. The monoisotopic (exact) mass is 261 g/mol. The molecule has 4 heteroatoms. The minimum Gasteiger partial charge on any atom is -0.396 e. The lowest BCUT2D eigenvalue weighted by molar-refractivity contribution is 0.276. The Bertz CT molecular complexity index is 331. The lowest BCUT2D eigenvalue weighted by Gasteiger charge is -2.13. The van der Waals surface area contributed by atoms with Crippen LogP contribution in [0.25, 0.3) is 0 Å². The Morgan fingerprint density at radius 3 is 2.75 bits per heavy atom. The molecular formula is C12H17Cl2NO. The molecule has 0 saturated heterocycles. The molecule has 0 amide bonds. The van der Waals surface area contributed by atoms with Crippen LogP contribution >= 0.6 is 23.2 Å².